The quantitative estimate of drug-likeness (QED) is 0.677. The number of aliphatic carboxylic acids is 1. The number of amides is 2. The Morgan fingerprint density at radius 3 is 2.36 bits per heavy atom. The average molecular weight is 342 g/mol. The number of benzene rings is 2. The molecule has 0 aliphatic carbocycles. The Morgan fingerprint density at radius 2 is 1.72 bits per heavy atom. The van der Waals surface area contributed by atoms with E-state index in [1.54, 1.807) is 30.3 Å². The number of rotatable bonds is 8. The molecule has 130 valence electrons. The van der Waals surface area contributed by atoms with E-state index in [1.165, 1.54) is 6.07 Å². The van der Waals surface area contributed by atoms with Crippen LogP contribution in [0.2, 0.25) is 0 Å². The number of nitrogens with one attached hydrogen (secondary N) is 1. The zero-order valence-corrected chi connectivity index (χ0v) is 13.3. The summed E-state index contributed by atoms with van der Waals surface area (Å²) in [5.74, 6) is -1.31. The second-order valence-corrected chi connectivity index (χ2v) is 5.30. The molecule has 0 saturated carbocycles. The number of para-hydroxylation sites is 1. The van der Waals surface area contributed by atoms with Gasteiger partial charge in [-0.1, -0.05) is 24.3 Å². The molecule has 2 rings (SSSR count). The Bertz CT molecular complexity index is 761. The van der Waals surface area contributed by atoms with Gasteiger partial charge in [0.1, 0.15) is 17.5 Å². The summed E-state index contributed by atoms with van der Waals surface area (Å²) in [5.41, 5.74) is 5.48. The van der Waals surface area contributed by atoms with E-state index < -0.39 is 23.8 Å². The predicted octanol–water partition coefficient (Wildman–Crippen LogP) is 1.93. The SMILES string of the molecule is NC(=O)[C@H](CCC(=O)O)NC(=O)c1cccc(Oc2ccccc2)c1. The molecule has 0 bridgehead atoms. The molecule has 0 aliphatic rings. The lowest BCUT2D eigenvalue weighted by Gasteiger charge is -2.15. The molecule has 0 aliphatic heterocycles. The first-order chi connectivity index (χ1) is 12.0. The minimum Gasteiger partial charge on any atom is -0.481 e. The van der Waals surface area contributed by atoms with E-state index in [0.717, 1.165) is 0 Å². The Kier molecular flexibility index (Phi) is 6.11. The van der Waals surface area contributed by atoms with Crippen LogP contribution in [0, 0.1) is 0 Å². The molecule has 1 atom stereocenters. The van der Waals surface area contributed by atoms with Crippen molar-refractivity contribution < 1.29 is 24.2 Å². The van der Waals surface area contributed by atoms with Crippen molar-refractivity contribution >= 4 is 17.8 Å². The highest BCUT2D eigenvalue weighted by Crippen LogP contribution is 2.21. The molecule has 25 heavy (non-hydrogen) atoms. The van der Waals surface area contributed by atoms with Crippen molar-refractivity contribution in [2.75, 3.05) is 0 Å². The van der Waals surface area contributed by atoms with Gasteiger partial charge < -0.3 is 20.9 Å². The predicted molar refractivity (Wildman–Crippen MR) is 90.3 cm³/mol. The fourth-order valence-corrected chi connectivity index (χ4v) is 2.12. The molecule has 0 radical (unpaired) electrons. The maximum Gasteiger partial charge on any atom is 0.303 e. The first-order valence-corrected chi connectivity index (χ1v) is 7.60. The molecule has 0 heterocycles. The average Bonchev–Trinajstić information content (AvgIpc) is 2.59. The summed E-state index contributed by atoms with van der Waals surface area (Å²) in [4.78, 5) is 34.3. The summed E-state index contributed by atoms with van der Waals surface area (Å²) in [6.45, 7) is 0. The fraction of sp³-hybridized carbons (Fsp3) is 0.167. The molecule has 2 amide bonds. The van der Waals surface area contributed by atoms with Gasteiger partial charge in [-0.3, -0.25) is 14.4 Å². The van der Waals surface area contributed by atoms with Gasteiger partial charge in [0.15, 0.2) is 0 Å². The van der Waals surface area contributed by atoms with Crippen LogP contribution in [0.3, 0.4) is 0 Å². The van der Waals surface area contributed by atoms with Crippen molar-refractivity contribution in [3.63, 3.8) is 0 Å². The maximum atomic E-state index is 12.3. The van der Waals surface area contributed by atoms with Gasteiger partial charge >= 0.3 is 5.97 Å². The molecule has 0 aromatic heterocycles. The van der Waals surface area contributed by atoms with Crippen molar-refractivity contribution in [1.82, 2.24) is 5.32 Å². The third kappa shape index (κ3) is 5.65. The lowest BCUT2D eigenvalue weighted by Crippen LogP contribution is -2.44. The number of carbonyl (C=O) groups is 3. The highest BCUT2D eigenvalue weighted by atomic mass is 16.5. The van der Waals surface area contributed by atoms with Crippen molar-refractivity contribution in [2.45, 2.75) is 18.9 Å². The molecule has 2 aromatic carbocycles. The lowest BCUT2D eigenvalue weighted by atomic mass is 10.1. The molecular formula is C18H18N2O5. The van der Waals surface area contributed by atoms with Gasteiger partial charge in [0.2, 0.25) is 5.91 Å². The van der Waals surface area contributed by atoms with Gasteiger partial charge in [-0.25, -0.2) is 0 Å². The monoisotopic (exact) mass is 342 g/mol. The number of carboxylic acid groups (broad SMARTS) is 1. The largest absolute Gasteiger partial charge is 0.481 e. The van der Waals surface area contributed by atoms with Crippen LogP contribution in [0.1, 0.15) is 23.2 Å². The number of carbonyl (C=O) groups excluding carboxylic acids is 2. The maximum absolute atomic E-state index is 12.3. The lowest BCUT2D eigenvalue weighted by molar-refractivity contribution is -0.137. The topological polar surface area (TPSA) is 119 Å². The second-order valence-electron chi connectivity index (χ2n) is 5.30. The highest BCUT2D eigenvalue weighted by molar-refractivity contribution is 5.97. The van der Waals surface area contributed by atoms with E-state index in [1.807, 2.05) is 18.2 Å². The number of carboxylic acids is 1. The normalized spacial score (nSPS) is 11.4. The van der Waals surface area contributed by atoms with Gasteiger partial charge in [-0.2, -0.15) is 0 Å². The van der Waals surface area contributed by atoms with Crippen molar-refractivity contribution in [1.29, 1.82) is 0 Å². The summed E-state index contributed by atoms with van der Waals surface area (Å²) in [5, 5.41) is 11.1. The van der Waals surface area contributed by atoms with E-state index in [-0.39, 0.29) is 18.4 Å². The van der Waals surface area contributed by atoms with Crippen molar-refractivity contribution in [3.8, 4) is 11.5 Å². The molecular weight excluding hydrogens is 324 g/mol. The minimum absolute atomic E-state index is 0.0728. The second kappa shape index (κ2) is 8.49. The van der Waals surface area contributed by atoms with Gasteiger partial charge in [0.05, 0.1) is 0 Å². The van der Waals surface area contributed by atoms with Crippen LogP contribution in [0.25, 0.3) is 0 Å². The molecule has 0 fully saturated rings. The molecule has 0 unspecified atom stereocenters. The number of primary amides is 1. The zero-order chi connectivity index (χ0) is 18.2. The zero-order valence-electron chi connectivity index (χ0n) is 13.3. The van der Waals surface area contributed by atoms with Crippen LogP contribution in [0.15, 0.2) is 54.6 Å². The number of ether oxygens (including phenoxy) is 1. The smallest absolute Gasteiger partial charge is 0.303 e. The first kappa shape index (κ1) is 18.0. The molecule has 7 heteroatoms. The van der Waals surface area contributed by atoms with Crippen molar-refractivity contribution in [2.24, 2.45) is 5.73 Å². The molecule has 4 N–H and O–H groups in total. The van der Waals surface area contributed by atoms with Crippen LogP contribution in [0.5, 0.6) is 11.5 Å². The van der Waals surface area contributed by atoms with Gasteiger partial charge in [-0.15, -0.1) is 0 Å². The standard InChI is InChI=1S/C18H18N2O5/c19-17(23)15(9-10-16(21)22)20-18(24)12-5-4-8-14(11-12)25-13-6-2-1-3-7-13/h1-8,11,15H,9-10H2,(H2,19,23)(H,20,24)(H,21,22)/t15-/m0/s1. The Balaban J connectivity index is 2.06. The fourth-order valence-electron chi connectivity index (χ4n) is 2.12. The van der Waals surface area contributed by atoms with Crippen LogP contribution in [-0.4, -0.2) is 28.9 Å². The van der Waals surface area contributed by atoms with Crippen LogP contribution < -0.4 is 15.8 Å². The molecule has 2 aromatic rings. The minimum atomic E-state index is -1.07. The summed E-state index contributed by atoms with van der Waals surface area (Å²) < 4.78 is 5.65. The summed E-state index contributed by atoms with van der Waals surface area (Å²) in [6.07, 6.45) is -0.346. The Hall–Kier alpha value is -3.35. The van der Waals surface area contributed by atoms with Gasteiger partial charge in [0, 0.05) is 12.0 Å². The number of hydrogen-bond donors (Lipinski definition) is 3. The Morgan fingerprint density at radius 1 is 1.04 bits per heavy atom. The van der Waals surface area contributed by atoms with E-state index in [2.05, 4.69) is 5.32 Å². The highest BCUT2D eigenvalue weighted by Gasteiger charge is 2.20. The third-order valence-corrected chi connectivity index (χ3v) is 3.37. The number of nitrogens with two attached hydrogens (primary N) is 1. The molecule has 0 saturated heterocycles. The van der Waals surface area contributed by atoms with E-state index in [0.29, 0.717) is 11.5 Å². The summed E-state index contributed by atoms with van der Waals surface area (Å²) >= 11 is 0. The van der Waals surface area contributed by atoms with Crippen LogP contribution in [0.4, 0.5) is 0 Å². The van der Waals surface area contributed by atoms with Gasteiger partial charge in [-0.05, 0) is 36.8 Å². The summed E-state index contributed by atoms with van der Waals surface area (Å²) in [7, 11) is 0. The van der Waals surface area contributed by atoms with E-state index in [4.69, 9.17) is 15.6 Å². The van der Waals surface area contributed by atoms with E-state index in [9.17, 15) is 14.4 Å². The van der Waals surface area contributed by atoms with Gasteiger partial charge in [0.25, 0.3) is 5.91 Å². The Labute approximate surface area is 144 Å². The first-order valence-electron chi connectivity index (χ1n) is 7.60. The third-order valence-electron chi connectivity index (χ3n) is 3.37. The van der Waals surface area contributed by atoms with E-state index >= 15 is 0 Å². The number of hydrogen-bond acceptors (Lipinski definition) is 4. The summed E-state index contributed by atoms with van der Waals surface area (Å²) in [6, 6.07) is 14.4. The van der Waals surface area contributed by atoms with Crippen molar-refractivity contribution in [3.05, 3.63) is 60.2 Å². The molecule has 7 nitrogen and oxygen atoms in total. The van der Waals surface area contributed by atoms with Crippen LogP contribution >= 0.6 is 0 Å². The molecule has 0 spiro atoms. The van der Waals surface area contributed by atoms with Crippen LogP contribution in [-0.2, 0) is 9.59 Å².